The smallest absolute Gasteiger partial charge is 0.256 e. The van der Waals surface area contributed by atoms with Crippen LogP contribution in [0.3, 0.4) is 0 Å². The molecule has 0 atom stereocenters. The Morgan fingerprint density at radius 2 is 2.32 bits per heavy atom. The lowest BCUT2D eigenvalue weighted by atomic mass is 10.2. The van der Waals surface area contributed by atoms with Crippen LogP contribution in [0.1, 0.15) is 30.6 Å². The second kappa shape index (κ2) is 7.56. The van der Waals surface area contributed by atoms with E-state index in [1.807, 2.05) is 13.8 Å². The first-order valence-electron chi connectivity index (χ1n) is 7.14. The average Bonchev–Trinajstić information content (AvgIpc) is 3.00. The maximum Gasteiger partial charge on any atom is 0.256 e. The third-order valence-corrected chi connectivity index (χ3v) is 2.86. The van der Waals surface area contributed by atoms with Gasteiger partial charge in [-0.05, 0) is 32.4 Å². The second-order valence-electron chi connectivity index (χ2n) is 5.00. The molecule has 22 heavy (non-hydrogen) atoms. The van der Waals surface area contributed by atoms with Gasteiger partial charge < -0.3 is 20.2 Å². The number of ether oxygens (including phenoxy) is 1. The molecule has 2 aromatic rings. The lowest BCUT2D eigenvalue weighted by Gasteiger charge is -2.09. The highest BCUT2D eigenvalue weighted by Crippen LogP contribution is 2.17. The Hall–Kier alpha value is -2.41. The lowest BCUT2D eigenvalue weighted by Crippen LogP contribution is -2.27. The zero-order valence-corrected chi connectivity index (χ0v) is 12.7. The highest BCUT2D eigenvalue weighted by atomic mass is 16.5. The molecule has 0 radical (unpaired) electrons. The fourth-order valence-corrected chi connectivity index (χ4v) is 1.78. The van der Waals surface area contributed by atoms with Gasteiger partial charge in [-0.3, -0.25) is 4.79 Å². The highest BCUT2D eigenvalue weighted by Gasteiger charge is 2.13. The SMILES string of the molecule is CC(C)OCCCNC(=O)c1cnc(-c2ccco2)nc1N. The number of rotatable bonds is 7. The molecule has 1 amide bonds. The molecule has 0 aliphatic carbocycles. The number of aromatic nitrogens is 2. The summed E-state index contributed by atoms with van der Waals surface area (Å²) >= 11 is 0. The van der Waals surface area contributed by atoms with Crippen LogP contribution in [0, 0.1) is 0 Å². The molecule has 2 rings (SSSR count). The number of nitrogen functional groups attached to an aromatic ring is 1. The molecule has 0 spiro atoms. The van der Waals surface area contributed by atoms with Crippen LogP contribution in [0.15, 0.2) is 29.0 Å². The Morgan fingerprint density at radius 3 is 2.95 bits per heavy atom. The summed E-state index contributed by atoms with van der Waals surface area (Å²) in [6.45, 7) is 5.04. The zero-order valence-electron chi connectivity index (χ0n) is 12.7. The van der Waals surface area contributed by atoms with E-state index in [0.717, 1.165) is 6.42 Å². The summed E-state index contributed by atoms with van der Waals surface area (Å²) in [5, 5.41) is 2.77. The van der Waals surface area contributed by atoms with Crippen LogP contribution in [-0.2, 0) is 4.74 Å². The summed E-state index contributed by atoms with van der Waals surface area (Å²) in [4.78, 5) is 20.2. The van der Waals surface area contributed by atoms with Gasteiger partial charge in [-0.1, -0.05) is 0 Å². The topological polar surface area (TPSA) is 103 Å². The van der Waals surface area contributed by atoms with Crippen LogP contribution in [0.2, 0.25) is 0 Å². The molecule has 0 aromatic carbocycles. The molecule has 7 nitrogen and oxygen atoms in total. The Kier molecular flexibility index (Phi) is 5.48. The maximum absolute atomic E-state index is 12.0. The van der Waals surface area contributed by atoms with Gasteiger partial charge in [-0.15, -0.1) is 0 Å². The number of furan rings is 1. The standard InChI is InChI=1S/C15H20N4O3/c1-10(2)21-8-4-6-17-15(20)11-9-18-14(19-13(11)16)12-5-3-7-22-12/h3,5,7,9-10H,4,6,8H2,1-2H3,(H,17,20)(H2,16,18,19). The van der Waals surface area contributed by atoms with Crippen molar-refractivity contribution in [2.24, 2.45) is 0 Å². The van der Waals surface area contributed by atoms with Gasteiger partial charge in [-0.25, -0.2) is 9.97 Å². The van der Waals surface area contributed by atoms with Gasteiger partial charge in [0, 0.05) is 19.3 Å². The van der Waals surface area contributed by atoms with E-state index in [-0.39, 0.29) is 23.4 Å². The molecular weight excluding hydrogens is 284 g/mol. The fourth-order valence-electron chi connectivity index (χ4n) is 1.78. The van der Waals surface area contributed by atoms with Gasteiger partial charge in [0.05, 0.1) is 17.9 Å². The second-order valence-corrected chi connectivity index (χ2v) is 5.00. The molecule has 0 saturated heterocycles. The van der Waals surface area contributed by atoms with Crippen molar-refractivity contribution < 1.29 is 13.9 Å². The Bertz CT molecular complexity index is 611. The Labute approximate surface area is 128 Å². The Balaban J connectivity index is 1.90. The van der Waals surface area contributed by atoms with Crippen molar-refractivity contribution in [3.63, 3.8) is 0 Å². The first-order chi connectivity index (χ1) is 10.6. The maximum atomic E-state index is 12.0. The quantitative estimate of drug-likeness (QED) is 0.757. The molecule has 2 heterocycles. The molecule has 0 aliphatic rings. The van der Waals surface area contributed by atoms with Crippen molar-refractivity contribution in [2.75, 3.05) is 18.9 Å². The molecule has 0 fully saturated rings. The minimum absolute atomic E-state index is 0.123. The van der Waals surface area contributed by atoms with Gasteiger partial charge in [0.1, 0.15) is 5.82 Å². The summed E-state index contributed by atoms with van der Waals surface area (Å²) in [6, 6.07) is 3.46. The largest absolute Gasteiger partial charge is 0.461 e. The van der Waals surface area contributed by atoms with Crippen LogP contribution in [0.5, 0.6) is 0 Å². The first-order valence-corrected chi connectivity index (χ1v) is 7.14. The average molecular weight is 304 g/mol. The van der Waals surface area contributed by atoms with E-state index < -0.39 is 0 Å². The van der Waals surface area contributed by atoms with E-state index in [2.05, 4.69) is 15.3 Å². The van der Waals surface area contributed by atoms with Gasteiger partial charge >= 0.3 is 0 Å². The van der Waals surface area contributed by atoms with Crippen LogP contribution < -0.4 is 11.1 Å². The van der Waals surface area contributed by atoms with E-state index in [0.29, 0.717) is 24.7 Å². The number of anilines is 1. The van der Waals surface area contributed by atoms with E-state index in [1.54, 1.807) is 12.1 Å². The predicted molar refractivity (Wildman–Crippen MR) is 82.2 cm³/mol. The minimum Gasteiger partial charge on any atom is -0.461 e. The minimum atomic E-state index is -0.298. The number of hydrogen-bond acceptors (Lipinski definition) is 6. The van der Waals surface area contributed by atoms with Crippen LogP contribution in [0.25, 0.3) is 11.6 Å². The van der Waals surface area contributed by atoms with E-state index in [9.17, 15) is 4.79 Å². The van der Waals surface area contributed by atoms with Crippen molar-refractivity contribution in [2.45, 2.75) is 26.4 Å². The van der Waals surface area contributed by atoms with Crippen molar-refractivity contribution >= 4 is 11.7 Å². The number of nitrogens with one attached hydrogen (secondary N) is 1. The van der Waals surface area contributed by atoms with Gasteiger partial charge in [0.15, 0.2) is 11.6 Å². The van der Waals surface area contributed by atoms with Crippen LogP contribution >= 0.6 is 0 Å². The fraction of sp³-hybridized carbons (Fsp3) is 0.400. The van der Waals surface area contributed by atoms with Crippen molar-refractivity contribution in [3.8, 4) is 11.6 Å². The molecule has 3 N–H and O–H groups in total. The normalized spacial score (nSPS) is 10.9. The number of nitrogens with two attached hydrogens (primary N) is 1. The number of amides is 1. The molecule has 118 valence electrons. The molecule has 2 aromatic heterocycles. The Morgan fingerprint density at radius 1 is 1.50 bits per heavy atom. The summed E-state index contributed by atoms with van der Waals surface area (Å²) in [5.41, 5.74) is 6.07. The molecule has 0 aliphatic heterocycles. The summed E-state index contributed by atoms with van der Waals surface area (Å²) in [7, 11) is 0. The number of nitrogens with zero attached hydrogens (tertiary/aromatic N) is 2. The van der Waals surface area contributed by atoms with Crippen LogP contribution in [0.4, 0.5) is 5.82 Å². The molecule has 0 saturated carbocycles. The molecular formula is C15H20N4O3. The van der Waals surface area contributed by atoms with Crippen LogP contribution in [-0.4, -0.2) is 35.1 Å². The highest BCUT2D eigenvalue weighted by molar-refractivity contribution is 5.98. The molecule has 0 bridgehead atoms. The lowest BCUT2D eigenvalue weighted by molar-refractivity contribution is 0.0757. The first kappa shape index (κ1) is 16.0. The number of hydrogen-bond donors (Lipinski definition) is 2. The third kappa shape index (κ3) is 4.29. The summed E-state index contributed by atoms with van der Waals surface area (Å²) in [6.07, 6.45) is 3.85. The monoisotopic (exact) mass is 304 g/mol. The third-order valence-electron chi connectivity index (χ3n) is 2.86. The summed E-state index contributed by atoms with van der Waals surface area (Å²) < 4.78 is 10.6. The zero-order chi connectivity index (χ0) is 15.9. The van der Waals surface area contributed by atoms with E-state index in [4.69, 9.17) is 14.9 Å². The molecule has 7 heteroatoms. The number of carbonyl (C=O) groups is 1. The number of carbonyl (C=O) groups excluding carboxylic acids is 1. The van der Waals surface area contributed by atoms with Gasteiger partial charge in [0.25, 0.3) is 5.91 Å². The summed E-state index contributed by atoms with van der Waals surface area (Å²) in [5.74, 6) is 0.680. The van der Waals surface area contributed by atoms with E-state index in [1.165, 1.54) is 12.5 Å². The van der Waals surface area contributed by atoms with E-state index >= 15 is 0 Å². The van der Waals surface area contributed by atoms with Crippen molar-refractivity contribution in [3.05, 3.63) is 30.2 Å². The van der Waals surface area contributed by atoms with Crippen molar-refractivity contribution in [1.29, 1.82) is 0 Å². The van der Waals surface area contributed by atoms with Gasteiger partial charge in [0.2, 0.25) is 0 Å². The van der Waals surface area contributed by atoms with Crippen molar-refractivity contribution in [1.82, 2.24) is 15.3 Å². The molecule has 0 unspecified atom stereocenters. The predicted octanol–water partition coefficient (Wildman–Crippen LogP) is 1.86. The van der Waals surface area contributed by atoms with Gasteiger partial charge in [-0.2, -0.15) is 0 Å².